The van der Waals surface area contributed by atoms with Gasteiger partial charge >= 0.3 is 0 Å². The first-order valence-electron chi connectivity index (χ1n) is 6.26. The summed E-state index contributed by atoms with van der Waals surface area (Å²) in [6.07, 6.45) is 6.58. The van der Waals surface area contributed by atoms with Crippen LogP contribution in [-0.4, -0.2) is 22.4 Å². The van der Waals surface area contributed by atoms with Crippen LogP contribution < -0.4 is 0 Å². The molecule has 2 heteroatoms. The largest absolute Gasteiger partial charge is 0.390 e. The van der Waals surface area contributed by atoms with Gasteiger partial charge in [-0.2, -0.15) is 0 Å². The molecule has 2 nitrogen and oxygen atoms in total. The smallest absolute Gasteiger partial charge is 0.0923 e. The van der Waals surface area contributed by atoms with Gasteiger partial charge in [-0.1, -0.05) is 11.6 Å². The van der Waals surface area contributed by atoms with Gasteiger partial charge in [0.15, 0.2) is 0 Å². The molecule has 1 aliphatic heterocycles. The first kappa shape index (κ1) is 13.7. The number of ether oxygens (including phenoxy) is 1. The van der Waals surface area contributed by atoms with E-state index in [0.717, 1.165) is 25.7 Å². The predicted molar refractivity (Wildman–Crippen MR) is 67.5 cm³/mol. The van der Waals surface area contributed by atoms with Crippen molar-refractivity contribution in [3.05, 3.63) is 11.6 Å². The van der Waals surface area contributed by atoms with Crippen molar-refractivity contribution < 1.29 is 9.84 Å². The summed E-state index contributed by atoms with van der Waals surface area (Å²) < 4.78 is 5.74. The number of epoxide rings is 1. The number of allylic oxidation sites excluding steroid dienone is 2. The Morgan fingerprint density at radius 2 is 2.06 bits per heavy atom. The Hall–Kier alpha value is -0.340. The minimum atomic E-state index is -0.563. The molecule has 94 valence electrons. The van der Waals surface area contributed by atoms with E-state index in [9.17, 15) is 5.11 Å². The molecule has 1 saturated heterocycles. The molecule has 1 fully saturated rings. The van der Waals surface area contributed by atoms with Crippen LogP contribution in [0, 0.1) is 0 Å². The molecule has 0 aliphatic carbocycles. The van der Waals surface area contributed by atoms with Crippen LogP contribution >= 0.6 is 0 Å². The monoisotopic (exact) mass is 226 g/mol. The van der Waals surface area contributed by atoms with Crippen molar-refractivity contribution in [3.63, 3.8) is 0 Å². The highest BCUT2D eigenvalue weighted by Gasteiger charge is 2.50. The second-order valence-corrected chi connectivity index (χ2v) is 6.09. The summed E-state index contributed by atoms with van der Waals surface area (Å²) >= 11 is 0. The van der Waals surface area contributed by atoms with Gasteiger partial charge in [0.1, 0.15) is 0 Å². The Balaban J connectivity index is 2.23. The molecular weight excluding hydrogens is 200 g/mol. The average Bonchev–Trinajstić information content (AvgIpc) is 2.72. The van der Waals surface area contributed by atoms with Crippen molar-refractivity contribution in [2.75, 3.05) is 0 Å². The number of hydrogen-bond donors (Lipinski definition) is 1. The highest BCUT2D eigenvalue weighted by Crippen LogP contribution is 2.43. The first-order chi connectivity index (χ1) is 7.23. The third kappa shape index (κ3) is 4.67. The lowest BCUT2D eigenvalue weighted by molar-refractivity contribution is 0.0663. The van der Waals surface area contributed by atoms with E-state index in [-0.39, 0.29) is 5.60 Å². The number of hydrogen-bond acceptors (Lipinski definition) is 2. The molecular formula is C14H26O2. The molecule has 0 unspecified atom stereocenters. The third-order valence-corrected chi connectivity index (χ3v) is 3.25. The van der Waals surface area contributed by atoms with E-state index in [1.807, 2.05) is 13.8 Å². The van der Waals surface area contributed by atoms with Crippen LogP contribution in [0.5, 0.6) is 0 Å². The zero-order chi connectivity index (χ0) is 12.4. The van der Waals surface area contributed by atoms with E-state index in [1.54, 1.807) is 0 Å². The summed E-state index contributed by atoms with van der Waals surface area (Å²) in [6.45, 7) is 10.1. The van der Waals surface area contributed by atoms with Crippen molar-refractivity contribution in [2.24, 2.45) is 0 Å². The van der Waals surface area contributed by atoms with Gasteiger partial charge in [0, 0.05) is 0 Å². The van der Waals surface area contributed by atoms with Crippen LogP contribution in [0.1, 0.15) is 60.3 Å². The van der Waals surface area contributed by atoms with Crippen LogP contribution in [0.25, 0.3) is 0 Å². The second-order valence-electron chi connectivity index (χ2n) is 6.09. The topological polar surface area (TPSA) is 32.8 Å². The second kappa shape index (κ2) is 4.89. The molecule has 0 aromatic heterocycles. The molecule has 16 heavy (non-hydrogen) atoms. The lowest BCUT2D eigenvalue weighted by Crippen LogP contribution is -2.20. The Morgan fingerprint density at radius 1 is 1.44 bits per heavy atom. The SMILES string of the molecule is CC(C)=CCC[C@]1(C)O[C@@H]1CCC(C)(C)O. The molecule has 0 spiro atoms. The van der Waals surface area contributed by atoms with E-state index in [0.29, 0.717) is 6.10 Å². The van der Waals surface area contributed by atoms with Gasteiger partial charge in [-0.05, 0) is 60.3 Å². The van der Waals surface area contributed by atoms with Gasteiger partial charge in [-0.15, -0.1) is 0 Å². The lowest BCUT2D eigenvalue weighted by atomic mass is 9.94. The first-order valence-corrected chi connectivity index (χ1v) is 6.26. The van der Waals surface area contributed by atoms with Crippen LogP contribution in [0.4, 0.5) is 0 Å². The summed E-state index contributed by atoms with van der Waals surface area (Å²) in [4.78, 5) is 0. The van der Waals surface area contributed by atoms with Gasteiger partial charge in [-0.3, -0.25) is 0 Å². The maximum absolute atomic E-state index is 9.65. The van der Waals surface area contributed by atoms with Crippen molar-refractivity contribution in [2.45, 2.75) is 77.6 Å². The van der Waals surface area contributed by atoms with E-state index in [4.69, 9.17) is 4.74 Å². The molecule has 0 aromatic carbocycles. The maximum atomic E-state index is 9.65. The Labute approximate surface area is 99.7 Å². The van der Waals surface area contributed by atoms with Crippen LogP contribution in [0.15, 0.2) is 11.6 Å². The average molecular weight is 226 g/mol. The summed E-state index contributed by atoms with van der Waals surface area (Å²) in [5.41, 5.74) is 0.876. The molecule has 1 aliphatic rings. The van der Waals surface area contributed by atoms with E-state index in [1.165, 1.54) is 5.57 Å². The van der Waals surface area contributed by atoms with E-state index in [2.05, 4.69) is 26.8 Å². The highest BCUT2D eigenvalue weighted by atomic mass is 16.6. The van der Waals surface area contributed by atoms with Crippen molar-refractivity contribution >= 4 is 0 Å². The van der Waals surface area contributed by atoms with Crippen LogP contribution in [0.2, 0.25) is 0 Å². The van der Waals surface area contributed by atoms with Crippen LogP contribution in [-0.2, 0) is 4.74 Å². The van der Waals surface area contributed by atoms with Crippen LogP contribution in [0.3, 0.4) is 0 Å². The molecule has 2 atom stereocenters. The fourth-order valence-corrected chi connectivity index (χ4v) is 2.01. The fraction of sp³-hybridized carbons (Fsp3) is 0.857. The van der Waals surface area contributed by atoms with E-state index >= 15 is 0 Å². The highest BCUT2D eigenvalue weighted by molar-refractivity contribution is 5.02. The molecule has 1 rings (SSSR count). The Bertz CT molecular complexity index is 258. The minimum absolute atomic E-state index is 0.0667. The number of rotatable bonds is 6. The van der Waals surface area contributed by atoms with Gasteiger partial charge < -0.3 is 9.84 Å². The van der Waals surface area contributed by atoms with E-state index < -0.39 is 5.60 Å². The summed E-state index contributed by atoms with van der Waals surface area (Å²) in [7, 11) is 0. The van der Waals surface area contributed by atoms with Crippen molar-refractivity contribution in [1.29, 1.82) is 0 Å². The molecule has 0 saturated carbocycles. The predicted octanol–water partition coefficient (Wildman–Crippen LogP) is 3.44. The summed E-state index contributed by atoms with van der Waals surface area (Å²) in [5, 5.41) is 9.65. The van der Waals surface area contributed by atoms with Gasteiger partial charge in [0.25, 0.3) is 0 Å². The van der Waals surface area contributed by atoms with Crippen molar-refractivity contribution in [1.82, 2.24) is 0 Å². The molecule has 1 N–H and O–H groups in total. The van der Waals surface area contributed by atoms with Crippen molar-refractivity contribution in [3.8, 4) is 0 Å². The Morgan fingerprint density at radius 3 is 2.56 bits per heavy atom. The standard InChI is InChI=1S/C14H26O2/c1-11(2)7-6-9-14(5)12(16-14)8-10-13(3,4)15/h7,12,15H,6,8-10H2,1-5H3/t12-,14+/m1/s1. The fourth-order valence-electron chi connectivity index (χ4n) is 2.01. The maximum Gasteiger partial charge on any atom is 0.0923 e. The summed E-state index contributed by atoms with van der Waals surface area (Å²) in [5.74, 6) is 0. The molecule has 0 bridgehead atoms. The van der Waals surface area contributed by atoms with Gasteiger partial charge in [0.2, 0.25) is 0 Å². The number of aliphatic hydroxyl groups is 1. The zero-order valence-electron chi connectivity index (χ0n) is 11.3. The summed E-state index contributed by atoms with van der Waals surface area (Å²) in [6, 6.07) is 0. The van der Waals surface area contributed by atoms with Gasteiger partial charge in [-0.25, -0.2) is 0 Å². The quantitative estimate of drug-likeness (QED) is 0.556. The normalized spacial score (nSPS) is 29.0. The Kier molecular flexibility index (Phi) is 4.19. The molecule has 1 heterocycles. The zero-order valence-corrected chi connectivity index (χ0v) is 11.3. The molecule has 0 radical (unpaired) electrons. The molecule has 0 aromatic rings. The third-order valence-electron chi connectivity index (χ3n) is 3.25. The minimum Gasteiger partial charge on any atom is -0.390 e. The lowest BCUT2D eigenvalue weighted by Gasteiger charge is -2.16. The van der Waals surface area contributed by atoms with Gasteiger partial charge in [0.05, 0.1) is 17.3 Å². The molecule has 0 amide bonds.